The Morgan fingerprint density at radius 3 is 2.29 bits per heavy atom. The van der Waals surface area contributed by atoms with Crippen LogP contribution in [0.4, 0.5) is 13.2 Å². The maximum absolute atomic E-state index is 13.6. The highest BCUT2D eigenvalue weighted by Gasteiger charge is 2.40. The number of fused-ring (bicyclic) bond motifs is 1. The zero-order valence-corrected chi connectivity index (χ0v) is 15.8. The van der Waals surface area contributed by atoms with Gasteiger partial charge in [0.2, 0.25) is 11.2 Å². The molecule has 3 aromatic rings. The highest BCUT2D eigenvalue weighted by atomic mass is 19.4. The fraction of sp³-hybridized carbons (Fsp3) is 0.150. The number of amides is 1. The van der Waals surface area contributed by atoms with Crippen LogP contribution >= 0.6 is 0 Å². The number of nitrogens with two attached hydrogens (primary N) is 1. The van der Waals surface area contributed by atoms with E-state index < -0.39 is 47.2 Å². The summed E-state index contributed by atoms with van der Waals surface area (Å²) >= 11 is 0. The van der Waals surface area contributed by atoms with E-state index in [2.05, 4.69) is 4.74 Å². The quantitative estimate of drug-likeness (QED) is 0.588. The molecule has 0 aliphatic carbocycles. The van der Waals surface area contributed by atoms with Crippen molar-refractivity contribution >= 4 is 22.8 Å². The molecule has 1 heterocycles. The first-order chi connectivity index (χ1) is 14.6. The Morgan fingerprint density at radius 1 is 1.06 bits per heavy atom. The number of benzene rings is 2. The molecule has 0 radical (unpaired) electrons. The highest BCUT2D eigenvalue weighted by molar-refractivity contribution is 5.89. The number of ether oxygens (including phenoxy) is 3. The van der Waals surface area contributed by atoms with Gasteiger partial charge >= 0.3 is 12.1 Å². The first-order valence-electron chi connectivity index (χ1n) is 8.55. The molecule has 162 valence electrons. The number of alkyl halides is 3. The molecule has 2 N–H and O–H groups in total. The molecule has 0 spiro atoms. The second-order valence-corrected chi connectivity index (χ2v) is 6.12. The van der Waals surface area contributed by atoms with Gasteiger partial charge < -0.3 is 24.4 Å². The van der Waals surface area contributed by atoms with Gasteiger partial charge in [-0.15, -0.1) is 0 Å². The van der Waals surface area contributed by atoms with Gasteiger partial charge in [-0.1, -0.05) is 0 Å². The molecule has 0 saturated heterocycles. The Morgan fingerprint density at radius 2 is 1.71 bits per heavy atom. The lowest BCUT2D eigenvalue weighted by Crippen LogP contribution is -2.20. The highest BCUT2D eigenvalue weighted by Crippen LogP contribution is 2.38. The van der Waals surface area contributed by atoms with Crippen molar-refractivity contribution in [1.82, 2.24) is 0 Å². The van der Waals surface area contributed by atoms with E-state index in [4.69, 9.17) is 19.6 Å². The first kappa shape index (κ1) is 21.7. The number of rotatable bonds is 6. The van der Waals surface area contributed by atoms with Crippen LogP contribution in [0.25, 0.3) is 11.0 Å². The van der Waals surface area contributed by atoms with E-state index in [1.54, 1.807) is 0 Å². The van der Waals surface area contributed by atoms with E-state index in [9.17, 15) is 27.6 Å². The summed E-state index contributed by atoms with van der Waals surface area (Å²) in [5.74, 6) is -4.33. The van der Waals surface area contributed by atoms with Crippen LogP contribution in [0.15, 0.2) is 51.7 Å². The van der Waals surface area contributed by atoms with Crippen LogP contribution in [0.3, 0.4) is 0 Å². The van der Waals surface area contributed by atoms with E-state index in [1.807, 2.05) is 0 Å². The number of methoxy groups -OCH3 is 1. The molecule has 31 heavy (non-hydrogen) atoms. The van der Waals surface area contributed by atoms with Gasteiger partial charge in [0.1, 0.15) is 17.1 Å². The van der Waals surface area contributed by atoms with Crippen LogP contribution in [0, 0.1) is 0 Å². The second-order valence-electron chi connectivity index (χ2n) is 6.12. The Labute approximate surface area is 171 Å². The summed E-state index contributed by atoms with van der Waals surface area (Å²) < 4.78 is 60.3. The summed E-state index contributed by atoms with van der Waals surface area (Å²) in [6.45, 7) is -0.509. The number of hydrogen-bond donors (Lipinski definition) is 1. The summed E-state index contributed by atoms with van der Waals surface area (Å²) in [6, 6.07) is 8.41. The van der Waals surface area contributed by atoms with Gasteiger partial charge in [-0.2, -0.15) is 13.2 Å². The van der Waals surface area contributed by atoms with Crippen LogP contribution < -0.4 is 20.6 Å². The van der Waals surface area contributed by atoms with E-state index in [0.717, 1.165) is 6.07 Å². The molecular formula is C20H14F3NO7. The minimum absolute atomic E-state index is 0.0189. The summed E-state index contributed by atoms with van der Waals surface area (Å²) in [5, 5.41) is -0.208. The number of hydrogen-bond acceptors (Lipinski definition) is 7. The lowest BCUT2D eigenvalue weighted by Gasteiger charge is -2.14. The van der Waals surface area contributed by atoms with Crippen molar-refractivity contribution in [2.24, 2.45) is 5.73 Å². The number of primary amides is 1. The summed E-state index contributed by atoms with van der Waals surface area (Å²) in [5.41, 5.74) is 3.60. The van der Waals surface area contributed by atoms with Crippen molar-refractivity contribution in [2.45, 2.75) is 6.18 Å². The van der Waals surface area contributed by atoms with Crippen molar-refractivity contribution in [3.8, 4) is 17.2 Å². The Balaban J connectivity index is 2.06. The third kappa shape index (κ3) is 4.77. The van der Waals surface area contributed by atoms with E-state index >= 15 is 0 Å². The van der Waals surface area contributed by atoms with E-state index in [1.165, 1.54) is 43.5 Å². The number of esters is 1. The van der Waals surface area contributed by atoms with Crippen molar-refractivity contribution in [3.05, 3.63) is 64.0 Å². The molecule has 0 unspecified atom stereocenters. The van der Waals surface area contributed by atoms with Crippen LogP contribution in [0.1, 0.15) is 16.1 Å². The second kappa shape index (κ2) is 8.38. The maximum Gasteiger partial charge on any atom is 0.453 e. The molecule has 11 heteroatoms. The van der Waals surface area contributed by atoms with Crippen LogP contribution in [-0.2, 0) is 15.7 Å². The fourth-order valence-electron chi connectivity index (χ4n) is 2.57. The molecule has 0 aliphatic rings. The first-order valence-corrected chi connectivity index (χ1v) is 8.55. The molecule has 0 saturated carbocycles. The van der Waals surface area contributed by atoms with Gasteiger partial charge in [0.15, 0.2) is 6.61 Å². The average Bonchev–Trinajstić information content (AvgIpc) is 2.73. The average molecular weight is 437 g/mol. The van der Waals surface area contributed by atoms with Crippen molar-refractivity contribution in [3.63, 3.8) is 0 Å². The van der Waals surface area contributed by atoms with Crippen LogP contribution in [0.2, 0.25) is 0 Å². The molecule has 1 aromatic heterocycles. The van der Waals surface area contributed by atoms with Gasteiger partial charge in [0.05, 0.1) is 18.1 Å². The number of carbonyl (C=O) groups is 2. The molecule has 3 rings (SSSR count). The minimum atomic E-state index is -5.06. The number of carbonyl (C=O) groups excluding carboxylic acids is 2. The standard InChI is InChI=1S/C20H14F3NO7/c1-28-19(27)10-2-4-11(5-3-10)30-17-16(26)13-7-6-12(29-9-15(24)25)8-14(13)31-18(17)20(21,22)23/h2-8H,9H2,1H3,(H2,24,25). The van der Waals surface area contributed by atoms with Crippen LogP contribution in [0.5, 0.6) is 17.2 Å². The predicted octanol–water partition coefficient (Wildman–Crippen LogP) is 3.25. The van der Waals surface area contributed by atoms with E-state index in [0.29, 0.717) is 0 Å². The number of halogens is 3. The third-order valence-corrected chi connectivity index (χ3v) is 3.96. The van der Waals surface area contributed by atoms with E-state index in [-0.39, 0.29) is 22.4 Å². The lowest BCUT2D eigenvalue weighted by atomic mass is 10.2. The monoisotopic (exact) mass is 437 g/mol. The molecule has 0 fully saturated rings. The molecule has 0 bridgehead atoms. The predicted molar refractivity (Wildman–Crippen MR) is 100 cm³/mol. The van der Waals surface area contributed by atoms with Crippen molar-refractivity contribution in [1.29, 1.82) is 0 Å². The molecule has 0 atom stereocenters. The molecule has 8 nitrogen and oxygen atoms in total. The Kier molecular flexibility index (Phi) is 5.86. The lowest BCUT2D eigenvalue weighted by molar-refractivity contribution is -0.154. The summed E-state index contributed by atoms with van der Waals surface area (Å²) in [6.07, 6.45) is -5.06. The molecule has 0 aliphatic heterocycles. The van der Waals surface area contributed by atoms with Crippen LogP contribution in [-0.4, -0.2) is 25.6 Å². The van der Waals surface area contributed by atoms with Gasteiger partial charge in [-0.3, -0.25) is 9.59 Å². The van der Waals surface area contributed by atoms with Gasteiger partial charge in [-0.25, -0.2) is 4.79 Å². The molecule has 2 aromatic carbocycles. The topological polar surface area (TPSA) is 118 Å². The normalized spacial score (nSPS) is 11.2. The van der Waals surface area contributed by atoms with Gasteiger partial charge in [0, 0.05) is 6.07 Å². The minimum Gasteiger partial charge on any atom is -0.484 e. The summed E-state index contributed by atoms with van der Waals surface area (Å²) in [4.78, 5) is 35.0. The largest absolute Gasteiger partial charge is 0.484 e. The third-order valence-electron chi connectivity index (χ3n) is 3.96. The van der Waals surface area contributed by atoms with Crippen molar-refractivity contribution < 1.29 is 41.4 Å². The molecular weight excluding hydrogens is 423 g/mol. The SMILES string of the molecule is COC(=O)c1ccc(Oc2c(C(F)(F)F)oc3cc(OCC(N)=O)ccc3c2=O)cc1. The van der Waals surface area contributed by atoms with Crippen molar-refractivity contribution in [2.75, 3.05) is 13.7 Å². The zero-order chi connectivity index (χ0) is 22.8. The van der Waals surface area contributed by atoms with Gasteiger partial charge in [-0.05, 0) is 36.4 Å². The summed E-state index contributed by atoms with van der Waals surface area (Å²) in [7, 11) is 1.17. The smallest absolute Gasteiger partial charge is 0.453 e. The Bertz CT molecular complexity index is 1200. The maximum atomic E-state index is 13.6. The molecule has 1 amide bonds. The van der Waals surface area contributed by atoms with Gasteiger partial charge in [0.25, 0.3) is 11.7 Å². The fourth-order valence-corrected chi connectivity index (χ4v) is 2.57. The Hall–Kier alpha value is -4.02. The zero-order valence-electron chi connectivity index (χ0n) is 15.8.